The van der Waals surface area contributed by atoms with Crippen molar-refractivity contribution in [2.75, 3.05) is 13.2 Å². The van der Waals surface area contributed by atoms with E-state index >= 15 is 0 Å². The molecule has 0 aliphatic carbocycles. The maximum Gasteiger partial charge on any atom is 0.119 e. The Kier molecular flexibility index (Phi) is 5.83. The molecule has 112 valence electrons. The molecule has 0 spiro atoms. The largest absolute Gasteiger partial charge is 0.494 e. The lowest BCUT2D eigenvalue weighted by atomic mass is 9.90. The predicted octanol–water partition coefficient (Wildman–Crippen LogP) is 2.37. The molecule has 1 aliphatic rings. The van der Waals surface area contributed by atoms with Gasteiger partial charge in [0.2, 0.25) is 0 Å². The highest BCUT2D eigenvalue weighted by Gasteiger charge is 2.32. The van der Waals surface area contributed by atoms with Crippen molar-refractivity contribution in [2.45, 2.75) is 45.2 Å². The van der Waals surface area contributed by atoms with Crippen LogP contribution in [0.1, 0.15) is 44.7 Å². The van der Waals surface area contributed by atoms with Crippen molar-refractivity contribution < 1.29 is 4.74 Å². The number of benzene rings is 1. The summed E-state index contributed by atoms with van der Waals surface area (Å²) in [4.78, 5) is 0. The maximum absolute atomic E-state index is 5.87. The van der Waals surface area contributed by atoms with Gasteiger partial charge in [-0.25, -0.2) is 5.43 Å². The lowest BCUT2D eigenvalue weighted by Crippen LogP contribution is -2.30. The van der Waals surface area contributed by atoms with Crippen molar-refractivity contribution in [3.05, 3.63) is 29.8 Å². The van der Waals surface area contributed by atoms with Gasteiger partial charge < -0.3 is 10.5 Å². The Morgan fingerprint density at radius 2 is 1.90 bits per heavy atom. The van der Waals surface area contributed by atoms with E-state index < -0.39 is 0 Å². The molecular weight excluding hydrogens is 250 g/mol. The Morgan fingerprint density at radius 1 is 1.15 bits per heavy atom. The highest BCUT2D eigenvalue weighted by molar-refractivity contribution is 5.30. The molecule has 4 N–H and O–H groups in total. The fraction of sp³-hybridized carbons (Fsp3) is 0.625. The lowest BCUT2D eigenvalue weighted by molar-refractivity contribution is 0.306. The summed E-state index contributed by atoms with van der Waals surface area (Å²) >= 11 is 0. The number of nitrogens with two attached hydrogens (primary N) is 1. The minimum atomic E-state index is 0.282. The van der Waals surface area contributed by atoms with E-state index in [9.17, 15) is 0 Å². The van der Waals surface area contributed by atoms with Crippen LogP contribution < -0.4 is 21.3 Å². The second-order valence-corrected chi connectivity index (χ2v) is 5.58. The number of unbranched alkanes of at least 4 members (excludes halogenated alkanes) is 2. The summed E-state index contributed by atoms with van der Waals surface area (Å²) in [6.45, 7) is 5.85. The summed E-state index contributed by atoms with van der Waals surface area (Å²) in [5, 5.41) is 0. The third-order valence-corrected chi connectivity index (χ3v) is 4.06. The first-order chi connectivity index (χ1) is 9.76. The molecule has 0 saturated carbocycles. The molecule has 1 saturated heterocycles. The van der Waals surface area contributed by atoms with E-state index in [4.69, 9.17) is 10.5 Å². The second kappa shape index (κ2) is 7.62. The van der Waals surface area contributed by atoms with Crippen LogP contribution in [-0.4, -0.2) is 19.2 Å². The summed E-state index contributed by atoms with van der Waals surface area (Å²) < 4.78 is 5.74. The van der Waals surface area contributed by atoms with Crippen molar-refractivity contribution >= 4 is 0 Å². The first-order valence-corrected chi connectivity index (χ1v) is 7.70. The van der Waals surface area contributed by atoms with E-state index in [-0.39, 0.29) is 6.04 Å². The van der Waals surface area contributed by atoms with Gasteiger partial charge >= 0.3 is 0 Å². The van der Waals surface area contributed by atoms with Crippen molar-refractivity contribution in [3.63, 3.8) is 0 Å². The highest BCUT2D eigenvalue weighted by Crippen LogP contribution is 2.28. The van der Waals surface area contributed by atoms with Gasteiger partial charge in [0.1, 0.15) is 5.75 Å². The highest BCUT2D eigenvalue weighted by atomic mass is 16.5. The van der Waals surface area contributed by atoms with Gasteiger partial charge in [0.05, 0.1) is 12.6 Å². The zero-order valence-corrected chi connectivity index (χ0v) is 12.6. The topological polar surface area (TPSA) is 59.3 Å². The molecule has 2 rings (SSSR count). The Hall–Kier alpha value is -1.10. The average Bonchev–Trinajstić information content (AvgIpc) is 2.85. The quantitative estimate of drug-likeness (QED) is 0.670. The fourth-order valence-corrected chi connectivity index (χ4v) is 2.71. The van der Waals surface area contributed by atoms with Crippen LogP contribution in [0.2, 0.25) is 0 Å². The number of hydrazine groups is 1. The molecule has 4 heteroatoms. The molecule has 1 heterocycles. The maximum atomic E-state index is 5.87. The summed E-state index contributed by atoms with van der Waals surface area (Å²) in [6, 6.07) is 9.06. The van der Waals surface area contributed by atoms with Gasteiger partial charge in [-0.15, -0.1) is 0 Å². The van der Waals surface area contributed by atoms with Gasteiger partial charge in [-0.3, -0.25) is 5.43 Å². The van der Waals surface area contributed by atoms with Crippen LogP contribution >= 0.6 is 0 Å². The zero-order chi connectivity index (χ0) is 14.4. The predicted molar refractivity (Wildman–Crippen MR) is 82.5 cm³/mol. The summed E-state index contributed by atoms with van der Waals surface area (Å²) in [5.41, 5.74) is 13.7. The SMILES string of the molecule is CCCCCOc1ccc(C2NNC(C)C2CN)cc1. The summed E-state index contributed by atoms with van der Waals surface area (Å²) in [6.07, 6.45) is 3.58. The number of nitrogens with one attached hydrogen (secondary N) is 2. The molecule has 0 bridgehead atoms. The van der Waals surface area contributed by atoms with Gasteiger partial charge in [-0.05, 0) is 37.6 Å². The van der Waals surface area contributed by atoms with E-state index in [0.29, 0.717) is 18.5 Å². The number of hydrogen-bond donors (Lipinski definition) is 3. The monoisotopic (exact) mass is 277 g/mol. The molecule has 3 atom stereocenters. The van der Waals surface area contributed by atoms with Crippen LogP contribution in [0.5, 0.6) is 5.75 Å². The molecule has 1 aliphatic heterocycles. The van der Waals surface area contributed by atoms with Crippen LogP contribution in [-0.2, 0) is 0 Å². The molecule has 4 nitrogen and oxygen atoms in total. The Morgan fingerprint density at radius 3 is 2.55 bits per heavy atom. The molecule has 0 aromatic heterocycles. The third kappa shape index (κ3) is 3.72. The van der Waals surface area contributed by atoms with Crippen LogP contribution in [0.3, 0.4) is 0 Å². The van der Waals surface area contributed by atoms with E-state index in [0.717, 1.165) is 18.8 Å². The normalized spacial score (nSPS) is 25.9. The average molecular weight is 277 g/mol. The molecule has 1 aromatic rings. The molecule has 1 fully saturated rings. The zero-order valence-electron chi connectivity index (χ0n) is 12.6. The van der Waals surface area contributed by atoms with E-state index in [1.54, 1.807) is 0 Å². The molecule has 3 unspecified atom stereocenters. The van der Waals surface area contributed by atoms with Crippen molar-refractivity contribution in [1.29, 1.82) is 0 Å². The Bertz CT molecular complexity index is 393. The molecule has 0 amide bonds. The number of ether oxygens (including phenoxy) is 1. The molecule has 0 radical (unpaired) electrons. The molecule has 1 aromatic carbocycles. The van der Waals surface area contributed by atoms with Crippen LogP contribution in [0.4, 0.5) is 0 Å². The van der Waals surface area contributed by atoms with Gasteiger partial charge in [0.25, 0.3) is 0 Å². The van der Waals surface area contributed by atoms with Crippen molar-refractivity contribution in [2.24, 2.45) is 11.7 Å². The van der Waals surface area contributed by atoms with E-state index in [2.05, 4.69) is 49.0 Å². The number of hydrogen-bond acceptors (Lipinski definition) is 4. The minimum absolute atomic E-state index is 0.282. The fourth-order valence-electron chi connectivity index (χ4n) is 2.71. The van der Waals surface area contributed by atoms with Crippen molar-refractivity contribution in [3.8, 4) is 5.75 Å². The Labute approximate surface area is 122 Å². The molecule has 20 heavy (non-hydrogen) atoms. The standard InChI is InChI=1S/C16H27N3O/c1-3-4-5-10-20-14-8-6-13(7-9-14)16-15(11-17)12(2)18-19-16/h6-9,12,15-16,18-19H,3-5,10-11,17H2,1-2H3. The van der Waals surface area contributed by atoms with Gasteiger partial charge in [-0.1, -0.05) is 31.9 Å². The van der Waals surface area contributed by atoms with Crippen LogP contribution in [0.25, 0.3) is 0 Å². The van der Waals surface area contributed by atoms with Crippen LogP contribution in [0.15, 0.2) is 24.3 Å². The Balaban J connectivity index is 1.91. The van der Waals surface area contributed by atoms with Gasteiger partial charge in [0, 0.05) is 12.0 Å². The van der Waals surface area contributed by atoms with E-state index in [1.807, 2.05) is 0 Å². The third-order valence-electron chi connectivity index (χ3n) is 4.06. The van der Waals surface area contributed by atoms with E-state index in [1.165, 1.54) is 18.4 Å². The van der Waals surface area contributed by atoms with Crippen LogP contribution in [0, 0.1) is 5.92 Å². The molecular formula is C16H27N3O. The first kappa shape index (κ1) is 15.3. The first-order valence-electron chi connectivity index (χ1n) is 7.70. The van der Waals surface area contributed by atoms with Gasteiger partial charge in [0.15, 0.2) is 0 Å². The number of rotatable bonds is 7. The summed E-state index contributed by atoms with van der Waals surface area (Å²) in [5.74, 6) is 1.37. The van der Waals surface area contributed by atoms with Gasteiger partial charge in [-0.2, -0.15) is 0 Å². The smallest absolute Gasteiger partial charge is 0.119 e. The van der Waals surface area contributed by atoms with Crippen molar-refractivity contribution in [1.82, 2.24) is 10.9 Å². The second-order valence-electron chi connectivity index (χ2n) is 5.58. The minimum Gasteiger partial charge on any atom is -0.494 e. The summed E-state index contributed by atoms with van der Waals surface area (Å²) in [7, 11) is 0. The lowest BCUT2D eigenvalue weighted by Gasteiger charge is -2.19.